The lowest BCUT2D eigenvalue weighted by Gasteiger charge is -2.08. The first-order valence-electron chi connectivity index (χ1n) is 9.17. The van der Waals surface area contributed by atoms with E-state index in [1.54, 1.807) is 17.5 Å². The number of thiophene rings is 1. The summed E-state index contributed by atoms with van der Waals surface area (Å²) < 4.78 is 3.62. The van der Waals surface area contributed by atoms with Gasteiger partial charge in [-0.2, -0.15) is 0 Å². The van der Waals surface area contributed by atoms with Crippen LogP contribution in [0.2, 0.25) is 0 Å². The standard InChI is InChI=1S/C24H15N3S/c1-2-7-22-18(5-1)19-14-24-16(10-12-28-24)13-23(19)27(22)17-8-9-21(26-15-17)20-6-3-4-11-25-20/h1-15H. The molecule has 0 aliphatic heterocycles. The van der Waals surface area contributed by atoms with Crippen molar-refractivity contribution in [1.29, 1.82) is 0 Å². The molecule has 0 atom stereocenters. The van der Waals surface area contributed by atoms with Crippen LogP contribution in [0.1, 0.15) is 0 Å². The molecular weight excluding hydrogens is 362 g/mol. The molecule has 0 saturated carbocycles. The fraction of sp³-hybridized carbons (Fsp3) is 0. The Bertz CT molecular complexity index is 1440. The van der Waals surface area contributed by atoms with Crippen molar-refractivity contribution >= 4 is 43.2 Å². The van der Waals surface area contributed by atoms with Gasteiger partial charge in [0, 0.05) is 21.7 Å². The summed E-state index contributed by atoms with van der Waals surface area (Å²) in [6.45, 7) is 0. The lowest BCUT2D eigenvalue weighted by molar-refractivity contribution is 1.14. The number of hydrogen-bond donors (Lipinski definition) is 0. The molecule has 0 saturated heterocycles. The van der Waals surface area contributed by atoms with Crippen molar-refractivity contribution in [2.24, 2.45) is 0 Å². The highest BCUT2D eigenvalue weighted by Crippen LogP contribution is 2.36. The highest BCUT2D eigenvalue weighted by atomic mass is 32.1. The Morgan fingerprint density at radius 3 is 2.46 bits per heavy atom. The summed E-state index contributed by atoms with van der Waals surface area (Å²) in [5.41, 5.74) is 5.23. The monoisotopic (exact) mass is 377 g/mol. The Kier molecular flexibility index (Phi) is 3.34. The summed E-state index contributed by atoms with van der Waals surface area (Å²) in [7, 11) is 0. The van der Waals surface area contributed by atoms with E-state index in [4.69, 9.17) is 0 Å². The first kappa shape index (κ1) is 15.5. The van der Waals surface area contributed by atoms with E-state index in [0.29, 0.717) is 0 Å². The summed E-state index contributed by atoms with van der Waals surface area (Å²) in [4.78, 5) is 9.09. The van der Waals surface area contributed by atoms with E-state index in [1.807, 2.05) is 30.5 Å². The zero-order valence-corrected chi connectivity index (χ0v) is 15.7. The van der Waals surface area contributed by atoms with Gasteiger partial charge in [-0.15, -0.1) is 11.3 Å². The predicted octanol–water partition coefficient (Wildman–Crippen LogP) is 6.46. The number of nitrogens with zero attached hydrogens (tertiary/aromatic N) is 3. The molecule has 6 aromatic rings. The molecule has 132 valence electrons. The molecular formula is C24H15N3S. The molecule has 4 heterocycles. The Hall–Kier alpha value is -3.50. The molecule has 0 aliphatic carbocycles. The van der Waals surface area contributed by atoms with Crippen molar-refractivity contribution in [2.75, 3.05) is 0 Å². The smallest absolute Gasteiger partial charge is 0.0887 e. The van der Waals surface area contributed by atoms with Gasteiger partial charge in [-0.25, -0.2) is 0 Å². The van der Waals surface area contributed by atoms with Gasteiger partial charge in [-0.1, -0.05) is 24.3 Å². The number of aromatic nitrogens is 3. The first-order chi connectivity index (χ1) is 13.9. The Balaban J connectivity index is 1.62. The number of benzene rings is 2. The molecule has 0 N–H and O–H groups in total. The van der Waals surface area contributed by atoms with Gasteiger partial charge in [-0.3, -0.25) is 9.97 Å². The van der Waals surface area contributed by atoms with Crippen LogP contribution in [0.25, 0.3) is 49.0 Å². The quantitative estimate of drug-likeness (QED) is 0.347. The molecule has 4 heteroatoms. The number of hydrogen-bond acceptors (Lipinski definition) is 3. The number of rotatable bonds is 2. The minimum Gasteiger partial charge on any atom is -0.308 e. The maximum atomic E-state index is 4.69. The van der Waals surface area contributed by atoms with Gasteiger partial charge in [0.05, 0.1) is 34.3 Å². The molecule has 2 aromatic carbocycles. The second-order valence-corrected chi connectivity index (χ2v) is 7.74. The predicted molar refractivity (Wildman–Crippen MR) is 117 cm³/mol. The fourth-order valence-electron chi connectivity index (χ4n) is 3.89. The number of pyridine rings is 2. The van der Waals surface area contributed by atoms with Crippen LogP contribution in [0.4, 0.5) is 0 Å². The lowest BCUT2D eigenvalue weighted by Crippen LogP contribution is -1.95. The Labute approximate surface area is 165 Å². The second-order valence-electron chi connectivity index (χ2n) is 6.80. The van der Waals surface area contributed by atoms with Gasteiger partial charge in [0.25, 0.3) is 0 Å². The minimum absolute atomic E-state index is 0.880. The molecule has 0 bridgehead atoms. The van der Waals surface area contributed by atoms with Crippen LogP contribution in [0.15, 0.2) is 90.6 Å². The SMILES string of the molecule is c1ccc(-c2ccc(-n3c4ccccc4c4cc5sccc5cc43)cn2)nc1. The normalized spacial score (nSPS) is 11.6. The molecule has 0 spiro atoms. The number of fused-ring (bicyclic) bond motifs is 4. The third-order valence-corrected chi connectivity index (χ3v) is 6.06. The van der Waals surface area contributed by atoms with Crippen molar-refractivity contribution in [2.45, 2.75) is 0 Å². The largest absolute Gasteiger partial charge is 0.308 e. The van der Waals surface area contributed by atoms with Crippen LogP contribution in [-0.2, 0) is 0 Å². The molecule has 6 rings (SSSR count). The van der Waals surface area contributed by atoms with Crippen LogP contribution in [0.5, 0.6) is 0 Å². The van der Waals surface area contributed by atoms with Crippen LogP contribution in [-0.4, -0.2) is 14.5 Å². The van der Waals surface area contributed by atoms with Crippen molar-refractivity contribution in [1.82, 2.24) is 14.5 Å². The lowest BCUT2D eigenvalue weighted by atomic mass is 10.1. The van der Waals surface area contributed by atoms with E-state index in [1.165, 1.54) is 31.9 Å². The highest BCUT2D eigenvalue weighted by molar-refractivity contribution is 7.17. The fourth-order valence-corrected chi connectivity index (χ4v) is 4.70. The molecule has 0 amide bonds. The average molecular weight is 377 g/mol. The number of para-hydroxylation sites is 1. The maximum Gasteiger partial charge on any atom is 0.0887 e. The third kappa shape index (κ3) is 2.28. The van der Waals surface area contributed by atoms with Crippen molar-refractivity contribution in [3.8, 4) is 17.1 Å². The van der Waals surface area contributed by atoms with E-state index in [9.17, 15) is 0 Å². The second kappa shape index (κ2) is 6.01. The van der Waals surface area contributed by atoms with Gasteiger partial charge < -0.3 is 4.57 Å². The van der Waals surface area contributed by atoms with E-state index in [2.05, 4.69) is 68.4 Å². The summed E-state index contributed by atoms with van der Waals surface area (Å²) in [5.74, 6) is 0. The summed E-state index contributed by atoms with van der Waals surface area (Å²) >= 11 is 1.79. The maximum absolute atomic E-state index is 4.69. The minimum atomic E-state index is 0.880. The molecule has 0 radical (unpaired) electrons. The Morgan fingerprint density at radius 2 is 1.61 bits per heavy atom. The average Bonchev–Trinajstić information content (AvgIpc) is 3.35. The molecule has 0 unspecified atom stereocenters. The molecule has 4 aromatic heterocycles. The molecule has 0 aliphatic rings. The first-order valence-corrected chi connectivity index (χ1v) is 10.0. The van der Waals surface area contributed by atoms with Gasteiger partial charge in [-0.05, 0) is 59.3 Å². The highest BCUT2D eigenvalue weighted by Gasteiger charge is 2.14. The van der Waals surface area contributed by atoms with Gasteiger partial charge in [0.15, 0.2) is 0 Å². The zero-order valence-electron chi connectivity index (χ0n) is 14.9. The Morgan fingerprint density at radius 1 is 0.714 bits per heavy atom. The van der Waals surface area contributed by atoms with Gasteiger partial charge in [0.2, 0.25) is 0 Å². The summed E-state index contributed by atoms with van der Waals surface area (Å²) in [6, 6.07) is 25.4. The zero-order chi connectivity index (χ0) is 18.5. The van der Waals surface area contributed by atoms with E-state index < -0.39 is 0 Å². The van der Waals surface area contributed by atoms with Gasteiger partial charge in [0.1, 0.15) is 0 Å². The summed E-state index contributed by atoms with van der Waals surface area (Å²) in [5, 5.41) is 5.97. The topological polar surface area (TPSA) is 30.7 Å². The van der Waals surface area contributed by atoms with Crippen molar-refractivity contribution < 1.29 is 0 Å². The van der Waals surface area contributed by atoms with Crippen LogP contribution in [0, 0.1) is 0 Å². The van der Waals surface area contributed by atoms with Crippen LogP contribution < -0.4 is 0 Å². The molecule has 0 fully saturated rings. The third-order valence-electron chi connectivity index (χ3n) is 5.18. The van der Waals surface area contributed by atoms with E-state index >= 15 is 0 Å². The molecule has 3 nitrogen and oxygen atoms in total. The van der Waals surface area contributed by atoms with E-state index in [0.717, 1.165) is 17.1 Å². The van der Waals surface area contributed by atoms with Crippen molar-refractivity contribution in [3.63, 3.8) is 0 Å². The van der Waals surface area contributed by atoms with Crippen LogP contribution in [0.3, 0.4) is 0 Å². The molecule has 28 heavy (non-hydrogen) atoms. The summed E-state index contributed by atoms with van der Waals surface area (Å²) in [6.07, 6.45) is 3.73. The van der Waals surface area contributed by atoms with Gasteiger partial charge >= 0.3 is 0 Å². The van der Waals surface area contributed by atoms with E-state index in [-0.39, 0.29) is 0 Å². The van der Waals surface area contributed by atoms with Crippen molar-refractivity contribution in [3.05, 3.63) is 90.6 Å². The van der Waals surface area contributed by atoms with Crippen LogP contribution >= 0.6 is 11.3 Å².